The lowest BCUT2D eigenvalue weighted by Crippen LogP contribution is -2.42. The SMILES string of the molecule is CC(C)c1cccc(C(C)C)c1N1C(=O)c2cc(Oc3ccc(C(C)(C)C)cc3)c3c4cccc5c(-c6ccc(NC(=O)CCCN7C(=O)CC(C(C)C)C7=O)cc6)ccc(c6c(Oc7ccc(C(C)(C)C)cc7)cc(c2c36)C1=O)c54. The number of amides is 5. The highest BCUT2D eigenvalue weighted by molar-refractivity contribution is 6.44. The van der Waals surface area contributed by atoms with Crippen molar-refractivity contribution in [1.29, 1.82) is 0 Å². The van der Waals surface area contributed by atoms with Gasteiger partial charge in [0.25, 0.3) is 11.8 Å². The summed E-state index contributed by atoms with van der Waals surface area (Å²) >= 11 is 0. The third-order valence-electron chi connectivity index (χ3n) is 16.6. The molecule has 0 bridgehead atoms. The number of anilines is 2. The van der Waals surface area contributed by atoms with Crippen LogP contribution in [0.4, 0.5) is 11.4 Å². The van der Waals surface area contributed by atoms with Gasteiger partial charge in [-0.1, -0.05) is 168 Å². The van der Waals surface area contributed by atoms with E-state index < -0.39 is 11.8 Å². The number of imide groups is 2. The topological polar surface area (TPSA) is 122 Å². The highest BCUT2D eigenvalue weighted by Crippen LogP contribution is 2.54. The summed E-state index contributed by atoms with van der Waals surface area (Å²) < 4.78 is 14.3. The summed E-state index contributed by atoms with van der Waals surface area (Å²) in [6, 6.07) is 44.2. The fourth-order valence-electron chi connectivity index (χ4n) is 12.1. The second-order valence-electron chi connectivity index (χ2n) is 25.2. The number of benzene rings is 9. The minimum absolute atomic E-state index is 0.00383. The van der Waals surface area contributed by atoms with Crippen LogP contribution in [0.3, 0.4) is 0 Å². The van der Waals surface area contributed by atoms with E-state index in [-0.39, 0.29) is 71.6 Å². The standard InChI is InChI=1S/C71H71N3O7/c1-39(2)48-16-13-17-49(40(3)4)66(48)74-68(78)55-36-57(80-46-29-23-43(24-30-46)70(7,8)9)63-52-19-14-18-51-50(42-21-27-45(28-22-42)72-59(75)20-15-35-73-60(76)38-54(41(5)6)67(73)77)33-34-53(61(51)52)64-58(37-56(69(74)79)62(55)65(63)64)81-47-31-25-44(26-32-47)71(10,11)12/h13-14,16-19,21-34,36-37,39-41,54H,15,20,35,38H2,1-12H3,(H,72,75). The molecule has 2 heterocycles. The molecule has 1 saturated heterocycles. The first-order chi connectivity index (χ1) is 38.5. The number of hydrogen-bond acceptors (Lipinski definition) is 7. The molecule has 0 spiro atoms. The van der Waals surface area contributed by atoms with Crippen LogP contribution in [0.1, 0.15) is 157 Å². The second-order valence-corrected chi connectivity index (χ2v) is 25.2. The average Bonchev–Trinajstić information content (AvgIpc) is 2.38. The molecule has 10 nitrogen and oxygen atoms in total. The van der Waals surface area contributed by atoms with E-state index in [1.807, 2.05) is 98.8 Å². The second kappa shape index (κ2) is 20.6. The molecule has 0 radical (unpaired) electrons. The number of hydrogen-bond donors (Lipinski definition) is 1. The van der Waals surface area contributed by atoms with Crippen molar-refractivity contribution < 1.29 is 33.4 Å². The first-order valence-electron chi connectivity index (χ1n) is 28.6. The van der Waals surface area contributed by atoms with Crippen molar-refractivity contribution in [3.05, 3.63) is 167 Å². The van der Waals surface area contributed by atoms with Gasteiger partial charge in [0, 0.05) is 52.5 Å². The van der Waals surface area contributed by atoms with Gasteiger partial charge in [-0.15, -0.1) is 0 Å². The molecule has 2 aliphatic heterocycles. The minimum atomic E-state index is -0.423. The zero-order valence-electron chi connectivity index (χ0n) is 48.6. The molecule has 1 fully saturated rings. The van der Waals surface area contributed by atoms with Gasteiger partial charge in [-0.05, 0) is 138 Å². The Morgan fingerprint density at radius 2 is 1.07 bits per heavy atom. The van der Waals surface area contributed by atoms with Crippen molar-refractivity contribution in [3.8, 4) is 34.1 Å². The minimum Gasteiger partial charge on any atom is -0.457 e. The molecule has 1 unspecified atom stereocenters. The number of likely N-dealkylation sites (tertiary alicyclic amines) is 1. The number of rotatable bonds is 14. The molecule has 1 N–H and O–H groups in total. The van der Waals surface area contributed by atoms with Crippen molar-refractivity contribution >= 4 is 84.0 Å². The van der Waals surface area contributed by atoms with Gasteiger partial charge in [-0.2, -0.15) is 0 Å². The van der Waals surface area contributed by atoms with Crippen LogP contribution in [0.2, 0.25) is 0 Å². The molecule has 9 aromatic carbocycles. The molecule has 2 aliphatic rings. The summed E-state index contributed by atoms with van der Waals surface area (Å²) in [5.41, 5.74) is 7.73. The van der Waals surface area contributed by atoms with Crippen molar-refractivity contribution in [2.24, 2.45) is 11.8 Å². The monoisotopic (exact) mass is 1080 g/mol. The van der Waals surface area contributed by atoms with Crippen molar-refractivity contribution in [3.63, 3.8) is 0 Å². The first-order valence-corrected chi connectivity index (χ1v) is 28.6. The molecular weight excluding hydrogens is 1010 g/mol. The van der Waals surface area contributed by atoms with E-state index in [9.17, 15) is 14.4 Å². The molecule has 0 aromatic heterocycles. The van der Waals surface area contributed by atoms with Crippen LogP contribution in [-0.4, -0.2) is 41.0 Å². The van der Waals surface area contributed by atoms with Crippen LogP contribution in [0.15, 0.2) is 133 Å². The Hall–Kier alpha value is -8.37. The zero-order chi connectivity index (χ0) is 57.6. The van der Waals surface area contributed by atoms with E-state index in [1.54, 1.807) is 0 Å². The van der Waals surface area contributed by atoms with E-state index in [0.717, 1.165) is 65.7 Å². The van der Waals surface area contributed by atoms with Crippen LogP contribution >= 0.6 is 0 Å². The Labute approximate surface area is 474 Å². The van der Waals surface area contributed by atoms with Crippen LogP contribution in [0.5, 0.6) is 23.0 Å². The number of carbonyl (C=O) groups excluding carboxylic acids is 5. The maximum Gasteiger partial charge on any atom is 0.266 e. The maximum atomic E-state index is 15.8. The van der Waals surface area contributed by atoms with Crippen LogP contribution in [0, 0.1) is 11.8 Å². The third kappa shape index (κ3) is 9.76. The largest absolute Gasteiger partial charge is 0.457 e. The molecule has 412 valence electrons. The Morgan fingerprint density at radius 3 is 1.57 bits per heavy atom. The van der Waals surface area contributed by atoms with Gasteiger partial charge in [-0.25, -0.2) is 4.90 Å². The first kappa shape index (κ1) is 54.6. The summed E-state index contributed by atoms with van der Waals surface area (Å²) in [5.74, 6) is 0.532. The molecule has 81 heavy (non-hydrogen) atoms. The highest BCUT2D eigenvalue weighted by Gasteiger charge is 2.41. The molecule has 0 aliphatic carbocycles. The van der Waals surface area contributed by atoms with Crippen molar-refractivity contribution in [1.82, 2.24) is 4.90 Å². The van der Waals surface area contributed by atoms with E-state index in [2.05, 4.69) is 123 Å². The quantitative estimate of drug-likeness (QED) is 0.0654. The smallest absolute Gasteiger partial charge is 0.266 e. The molecule has 1 atom stereocenters. The average molecular weight is 1080 g/mol. The summed E-state index contributed by atoms with van der Waals surface area (Å²) in [7, 11) is 0. The Balaban J connectivity index is 1.09. The number of fused-ring (bicyclic) bond motifs is 2. The Bertz CT molecular complexity index is 3850. The number of nitrogens with one attached hydrogen (secondary N) is 1. The van der Waals surface area contributed by atoms with E-state index >= 15 is 9.59 Å². The van der Waals surface area contributed by atoms with Crippen LogP contribution < -0.4 is 19.7 Å². The Kier molecular flexibility index (Phi) is 13.9. The summed E-state index contributed by atoms with van der Waals surface area (Å²) in [5, 5.41) is 9.38. The van der Waals surface area contributed by atoms with Gasteiger partial charge < -0.3 is 14.8 Å². The van der Waals surface area contributed by atoms with Crippen LogP contribution in [0.25, 0.3) is 54.2 Å². The lowest BCUT2D eigenvalue weighted by atomic mass is 9.82. The van der Waals surface area contributed by atoms with Gasteiger partial charge >= 0.3 is 0 Å². The van der Waals surface area contributed by atoms with Crippen molar-refractivity contribution in [2.75, 3.05) is 16.8 Å². The molecular formula is C71H71N3O7. The molecule has 11 rings (SSSR count). The van der Waals surface area contributed by atoms with Crippen molar-refractivity contribution in [2.45, 2.75) is 125 Å². The van der Waals surface area contributed by atoms with Gasteiger partial charge in [0.05, 0.1) is 16.8 Å². The van der Waals surface area contributed by atoms with Crippen LogP contribution in [-0.2, 0) is 25.2 Å². The van der Waals surface area contributed by atoms with E-state index in [4.69, 9.17) is 9.47 Å². The summed E-state index contributed by atoms with van der Waals surface area (Å²) in [6.45, 7) is 25.5. The van der Waals surface area contributed by atoms with Gasteiger partial charge in [0.1, 0.15) is 23.0 Å². The zero-order valence-corrected chi connectivity index (χ0v) is 48.6. The fourth-order valence-corrected chi connectivity index (χ4v) is 12.1. The van der Waals surface area contributed by atoms with E-state index in [1.165, 1.54) is 9.80 Å². The highest BCUT2D eigenvalue weighted by atomic mass is 16.5. The number of carbonyl (C=O) groups is 5. The lowest BCUT2D eigenvalue weighted by Gasteiger charge is -2.33. The summed E-state index contributed by atoms with van der Waals surface area (Å²) in [4.78, 5) is 73.0. The van der Waals surface area contributed by atoms with Gasteiger partial charge in [-0.3, -0.25) is 28.9 Å². The third-order valence-corrected chi connectivity index (χ3v) is 16.6. The van der Waals surface area contributed by atoms with Gasteiger partial charge in [0.15, 0.2) is 0 Å². The molecule has 5 amide bonds. The predicted octanol–water partition coefficient (Wildman–Crippen LogP) is 17.4. The van der Waals surface area contributed by atoms with E-state index in [0.29, 0.717) is 62.7 Å². The molecule has 9 aromatic rings. The molecule has 0 saturated carbocycles. The summed E-state index contributed by atoms with van der Waals surface area (Å²) in [6.07, 6.45) is 0.752. The predicted molar refractivity (Wildman–Crippen MR) is 327 cm³/mol. The Morgan fingerprint density at radius 1 is 0.568 bits per heavy atom. The number of para-hydroxylation sites is 1. The maximum absolute atomic E-state index is 15.8. The number of ether oxygens (including phenoxy) is 2. The lowest BCUT2D eigenvalue weighted by molar-refractivity contribution is -0.140. The molecule has 10 heteroatoms. The number of nitrogens with zero attached hydrogens (tertiary/aromatic N) is 2. The normalized spacial score (nSPS) is 15.1. The fraction of sp³-hybridized carbons (Fsp3) is 0.310. The van der Waals surface area contributed by atoms with Gasteiger partial charge in [0.2, 0.25) is 17.7 Å².